The summed E-state index contributed by atoms with van der Waals surface area (Å²) in [6.45, 7) is 3.68. The zero-order valence-corrected chi connectivity index (χ0v) is 34.2. The Balaban J connectivity index is 1.16. The van der Waals surface area contributed by atoms with Crippen molar-refractivity contribution in [1.29, 1.82) is 0 Å². The van der Waals surface area contributed by atoms with Gasteiger partial charge in [0, 0.05) is 18.9 Å². The van der Waals surface area contributed by atoms with E-state index in [-0.39, 0.29) is 67.2 Å². The number of amides is 3. The van der Waals surface area contributed by atoms with Crippen LogP contribution in [-0.2, 0) is 46.7 Å². The molecule has 4 saturated carbocycles. The number of carbonyl (C=O) groups excluding carboxylic acids is 4. The summed E-state index contributed by atoms with van der Waals surface area (Å²) in [5, 5.41) is 2.03. The Morgan fingerprint density at radius 1 is 0.933 bits per heavy atom. The summed E-state index contributed by atoms with van der Waals surface area (Å²) in [6, 6.07) is 1.19. The molecule has 18 heteroatoms. The molecule has 326 valence electrons. The Morgan fingerprint density at radius 2 is 1.65 bits per heavy atom. The molecule has 0 radical (unpaired) electrons. The van der Waals surface area contributed by atoms with Gasteiger partial charge in [0.1, 0.15) is 23.8 Å². The Labute approximate surface area is 346 Å². The van der Waals surface area contributed by atoms with Crippen LogP contribution >= 0.6 is 0 Å². The Bertz CT molecular complexity index is 2220. The van der Waals surface area contributed by atoms with Crippen molar-refractivity contribution in [3.05, 3.63) is 46.8 Å². The highest BCUT2D eigenvalue weighted by Gasteiger charge is 2.62. The highest BCUT2D eigenvalue weighted by atomic mass is 32.2. The van der Waals surface area contributed by atoms with Crippen LogP contribution in [-0.4, -0.2) is 82.1 Å². The average molecular weight is 860 g/mol. The van der Waals surface area contributed by atoms with E-state index in [4.69, 9.17) is 9.47 Å². The van der Waals surface area contributed by atoms with Crippen molar-refractivity contribution >= 4 is 44.6 Å². The predicted octanol–water partition coefficient (Wildman–Crippen LogP) is 4.92. The number of nitrogens with one attached hydrogen (secondary N) is 2. The summed E-state index contributed by atoms with van der Waals surface area (Å²) in [4.78, 5) is 76.5. The van der Waals surface area contributed by atoms with Crippen LogP contribution in [0, 0.1) is 23.7 Å². The monoisotopic (exact) mass is 859 g/mol. The molecule has 6 aliphatic rings. The van der Waals surface area contributed by atoms with Crippen LogP contribution in [0.1, 0.15) is 108 Å². The minimum atomic E-state index is -4.70. The number of fused-ring (bicyclic) bond motifs is 5. The normalized spacial score (nSPS) is 30.7. The van der Waals surface area contributed by atoms with Gasteiger partial charge in [-0.2, -0.15) is 18.2 Å². The molecule has 14 nitrogen and oxygen atoms in total. The third-order valence-corrected chi connectivity index (χ3v) is 15.4. The van der Waals surface area contributed by atoms with E-state index < -0.39 is 85.8 Å². The number of hydrogen-bond acceptors (Lipinski definition) is 10. The van der Waals surface area contributed by atoms with E-state index >= 15 is 0 Å². The van der Waals surface area contributed by atoms with E-state index in [0.29, 0.717) is 44.9 Å². The molecular formula is C42H52F3N5O9S. The summed E-state index contributed by atoms with van der Waals surface area (Å²) < 4.78 is 82.9. The average Bonchev–Trinajstić information content (AvgIpc) is 3.99. The molecule has 1 aromatic heterocycles. The maximum atomic E-state index is 14.9. The van der Waals surface area contributed by atoms with E-state index in [0.717, 1.165) is 56.7 Å². The van der Waals surface area contributed by atoms with Gasteiger partial charge in [-0.3, -0.25) is 33.3 Å². The first-order valence-electron chi connectivity index (χ1n) is 21.4. The summed E-state index contributed by atoms with van der Waals surface area (Å²) in [5.41, 5.74) is -3.47. The van der Waals surface area contributed by atoms with Gasteiger partial charge in [-0.15, -0.1) is 6.58 Å². The largest absolute Gasteiger partial charge is 0.462 e. The van der Waals surface area contributed by atoms with Crippen molar-refractivity contribution in [2.24, 2.45) is 23.7 Å². The number of carbonyl (C=O) groups is 4. The van der Waals surface area contributed by atoms with Gasteiger partial charge >= 0.3 is 12.1 Å². The van der Waals surface area contributed by atoms with Crippen LogP contribution in [0.5, 0.6) is 6.01 Å². The number of nitrogens with zero attached hydrogens (tertiary/aromatic N) is 3. The smallest absolute Gasteiger partial charge is 0.416 e. The van der Waals surface area contributed by atoms with Gasteiger partial charge in [0.25, 0.3) is 17.5 Å². The lowest BCUT2D eigenvalue weighted by atomic mass is 9.86. The van der Waals surface area contributed by atoms with E-state index in [1.165, 1.54) is 15.5 Å². The number of aromatic nitrogens is 2. The van der Waals surface area contributed by atoms with Crippen LogP contribution in [0.4, 0.5) is 13.2 Å². The second kappa shape index (κ2) is 16.4. The maximum absolute atomic E-state index is 14.9. The van der Waals surface area contributed by atoms with Gasteiger partial charge < -0.3 is 19.7 Å². The third-order valence-electron chi connectivity index (χ3n) is 13.6. The summed E-state index contributed by atoms with van der Waals surface area (Å²) in [5.74, 6) is -4.11. The first-order valence-corrected chi connectivity index (χ1v) is 22.9. The Hall–Kier alpha value is -4.48. The van der Waals surface area contributed by atoms with E-state index in [9.17, 15) is 45.6 Å². The van der Waals surface area contributed by atoms with Crippen molar-refractivity contribution in [1.82, 2.24) is 24.5 Å². The minimum Gasteiger partial charge on any atom is -0.462 e. The fraction of sp³-hybridized carbons (Fsp3) is 0.667. The number of esters is 1. The number of sulfonamides is 1. The van der Waals surface area contributed by atoms with Crippen LogP contribution in [0.25, 0.3) is 10.9 Å². The van der Waals surface area contributed by atoms with Gasteiger partial charge in [-0.25, -0.2) is 8.42 Å². The molecule has 1 aromatic carbocycles. The molecule has 7 atom stereocenters. The molecule has 4 aliphatic carbocycles. The fourth-order valence-corrected chi connectivity index (χ4v) is 11.3. The van der Waals surface area contributed by atoms with Crippen LogP contribution in [0.15, 0.2) is 35.6 Å². The number of alkyl halides is 3. The predicted molar refractivity (Wildman–Crippen MR) is 211 cm³/mol. The second-order valence-corrected chi connectivity index (χ2v) is 19.6. The second-order valence-electron chi connectivity index (χ2n) is 17.7. The standard InChI is InChI=1S/C42H52F3N5O9S/c1-2-26-22-41(26,39(55)48-60(56,57)29-15-16-29)47-36(52)33-20-28-23-50(33)38(54)31(24-9-5-6-10-24)21-35(51)59-34-13-8-12-25(34)11-4-3-7-18-49-37(53)30-17-14-27(42(43,44)45)19-32(30)46-40(49)58-28/h2,14,17,19,24-26,28-29,31,33-34H,1,3-13,15-16,18,20-23H2,(H,47,52)(H,48,55)/t25-,26-,28-,31+,33+,34-,41-/m1/s1. The molecule has 2 aromatic rings. The van der Waals surface area contributed by atoms with Crippen LogP contribution in [0.2, 0.25) is 0 Å². The maximum Gasteiger partial charge on any atom is 0.416 e. The lowest BCUT2D eigenvalue weighted by molar-refractivity contribution is -0.156. The topological polar surface area (TPSA) is 183 Å². The molecule has 3 amide bonds. The number of ether oxygens (including phenoxy) is 2. The SMILES string of the molecule is C=C[C@@H]1C[C@]1(NC(=O)[C@@H]1C[C@@H]2CN1C(=O)[C@H](C1CCCC1)CC(=O)O[C@@H]1CCC[C@H]1CCCCCn1c(nc3cc(C(F)(F)F)ccc3c1=O)O2)C(=O)NS(=O)(=O)C1CC1. The number of benzene rings is 1. The molecule has 1 saturated heterocycles. The molecule has 0 spiro atoms. The van der Waals surface area contributed by atoms with Gasteiger partial charge in [0.2, 0.25) is 21.8 Å². The summed E-state index contributed by atoms with van der Waals surface area (Å²) >= 11 is 0. The minimum absolute atomic E-state index is 0.0264. The Kier molecular flexibility index (Phi) is 11.6. The zero-order valence-electron chi connectivity index (χ0n) is 33.4. The molecule has 2 bridgehead atoms. The molecular weight excluding hydrogens is 808 g/mol. The molecule has 2 N–H and O–H groups in total. The van der Waals surface area contributed by atoms with E-state index in [1.807, 2.05) is 0 Å². The molecule has 60 heavy (non-hydrogen) atoms. The third kappa shape index (κ3) is 8.53. The quantitative estimate of drug-likeness (QED) is 0.287. The van der Waals surface area contributed by atoms with Crippen molar-refractivity contribution in [2.75, 3.05) is 6.54 Å². The van der Waals surface area contributed by atoms with Gasteiger partial charge in [-0.05, 0) is 94.2 Å². The molecule has 3 heterocycles. The number of hydrogen-bond donors (Lipinski definition) is 2. The van der Waals surface area contributed by atoms with Gasteiger partial charge in [-0.1, -0.05) is 31.8 Å². The first-order chi connectivity index (χ1) is 28.6. The number of rotatable bonds is 7. The lowest BCUT2D eigenvalue weighted by Gasteiger charge is -2.32. The first kappa shape index (κ1) is 42.2. The van der Waals surface area contributed by atoms with Crippen molar-refractivity contribution in [2.45, 2.75) is 144 Å². The number of halogens is 3. The lowest BCUT2D eigenvalue weighted by Crippen LogP contribution is -2.57. The Morgan fingerprint density at radius 3 is 2.35 bits per heavy atom. The molecule has 0 unspecified atom stereocenters. The van der Waals surface area contributed by atoms with Crippen molar-refractivity contribution in [3.63, 3.8) is 0 Å². The summed E-state index contributed by atoms with van der Waals surface area (Å²) in [6.07, 6.45) is 4.36. The van der Waals surface area contributed by atoms with Gasteiger partial charge in [0.15, 0.2) is 0 Å². The van der Waals surface area contributed by atoms with Crippen LogP contribution < -0.4 is 20.3 Å². The molecule has 8 rings (SSSR count). The van der Waals surface area contributed by atoms with E-state index in [1.54, 1.807) is 0 Å². The van der Waals surface area contributed by atoms with Gasteiger partial charge in [0.05, 0.1) is 40.6 Å². The van der Waals surface area contributed by atoms with Crippen molar-refractivity contribution < 1.29 is 50.2 Å². The summed E-state index contributed by atoms with van der Waals surface area (Å²) in [7, 11) is -3.98. The highest BCUT2D eigenvalue weighted by molar-refractivity contribution is 7.91. The molecule has 5 fully saturated rings. The zero-order chi connectivity index (χ0) is 42.6. The highest BCUT2D eigenvalue weighted by Crippen LogP contribution is 2.46. The van der Waals surface area contributed by atoms with E-state index in [2.05, 4.69) is 21.6 Å². The van der Waals surface area contributed by atoms with Crippen molar-refractivity contribution in [3.8, 4) is 6.01 Å². The fourth-order valence-electron chi connectivity index (χ4n) is 9.97. The van der Waals surface area contributed by atoms with Crippen LogP contribution in [0.3, 0.4) is 0 Å². The molecule has 2 aliphatic heterocycles.